The molecule has 0 aliphatic heterocycles. The molecule has 0 saturated carbocycles. The second kappa shape index (κ2) is 7.78. The van der Waals surface area contributed by atoms with Gasteiger partial charge in [0.2, 0.25) is 0 Å². The van der Waals surface area contributed by atoms with Crippen LogP contribution in [0.5, 0.6) is 5.75 Å². The number of rotatable bonds is 6. The Morgan fingerprint density at radius 3 is 2.77 bits per heavy atom. The van der Waals surface area contributed by atoms with Crippen molar-refractivity contribution in [3.05, 3.63) is 53.6 Å². The third kappa shape index (κ3) is 3.60. The topological polar surface area (TPSA) is 86.3 Å². The van der Waals surface area contributed by atoms with Crippen molar-refractivity contribution in [3.8, 4) is 5.75 Å². The third-order valence-electron chi connectivity index (χ3n) is 5.33. The van der Waals surface area contributed by atoms with E-state index in [2.05, 4.69) is 45.2 Å². The van der Waals surface area contributed by atoms with Crippen LogP contribution in [0.3, 0.4) is 0 Å². The number of fused-ring (bicyclic) bond motifs is 2. The quantitative estimate of drug-likeness (QED) is 0.532. The Hall–Kier alpha value is -3.42. The van der Waals surface area contributed by atoms with Gasteiger partial charge < -0.3 is 14.6 Å². The number of benzene rings is 1. The largest absolute Gasteiger partial charge is 0.497 e. The van der Waals surface area contributed by atoms with Crippen LogP contribution in [0.15, 0.2) is 36.8 Å². The van der Waals surface area contributed by atoms with Gasteiger partial charge in [0.15, 0.2) is 5.65 Å². The molecule has 0 fully saturated rings. The molecule has 4 aromatic rings. The van der Waals surface area contributed by atoms with E-state index in [-0.39, 0.29) is 17.9 Å². The van der Waals surface area contributed by atoms with Crippen molar-refractivity contribution in [3.63, 3.8) is 0 Å². The Labute approximate surface area is 174 Å². The Morgan fingerprint density at radius 1 is 1.23 bits per heavy atom. The standard InChI is InChI=1S/C22H26N6O2/c1-13(2)17-10-19(26-28-12-23-25-21(17)28)22(29)24-14(3)8-15-11-27(4)20-7-6-16(30-5)9-18(15)20/h6-7,9-14H,8H2,1-5H3,(H,24,29)/t14-/m1/s1. The molecular weight excluding hydrogens is 380 g/mol. The molecule has 1 amide bonds. The number of nitrogens with one attached hydrogen (secondary N) is 1. The minimum atomic E-state index is -0.210. The maximum atomic E-state index is 12.9. The molecule has 0 spiro atoms. The lowest BCUT2D eigenvalue weighted by molar-refractivity contribution is 0.0933. The van der Waals surface area contributed by atoms with Crippen LogP contribution in [0.4, 0.5) is 0 Å². The fourth-order valence-corrected chi connectivity index (χ4v) is 3.81. The van der Waals surface area contributed by atoms with Crippen molar-refractivity contribution >= 4 is 22.5 Å². The number of methoxy groups -OCH3 is 1. The number of aryl methyl sites for hydroxylation is 1. The summed E-state index contributed by atoms with van der Waals surface area (Å²) in [6, 6.07) is 7.77. The lowest BCUT2D eigenvalue weighted by atomic mass is 10.0. The van der Waals surface area contributed by atoms with Gasteiger partial charge in [0, 0.05) is 35.8 Å². The minimum absolute atomic E-state index is 0.0739. The van der Waals surface area contributed by atoms with E-state index in [9.17, 15) is 4.79 Å². The van der Waals surface area contributed by atoms with E-state index in [1.165, 1.54) is 6.33 Å². The number of ether oxygens (including phenoxy) is 1. The highest BCUT2D eigenvalue weighted by Crippen LogP contribution is 2.26. The molecule has 8 heteroatoms. The summed E-state index contributed by atoms with van der Waals surface area (Å²) in [6.07, 6.45) is 4.32. The monoisotopic (exact) mass is 406 g/mol. The SMILES string of the molecule is COc1ccc2c(c1)c(C[C@@H](C)NC(=O)c1cc(C(C)C)c3nncn3n1)cn2C. The molecule has 0 unspecified atom stereocenters. The molecule has 30 heavy (non-hydrogen) atoms. The molecule has 1 aromatic carbocycles. The summed E-state index contributed by atoms with van der Waals surface area (Å²) in [5.74, 6) is 0.812. The van der Waals surface area contributed by atoms with E-state index in [1.807, 2.05) is 32.2 Å². The summed E-state index contributed by atoms with van der Waals surface area (Å²) in [6.45, 7) is 6.11. The maximum absolute atomic E-state index is 12.9. The summed E-state index contributed by atoms with van der Waals surface area (Å²) < 4.78 is 9.03. The molecule has 1 N–H and O–H groups in total. The van der Waals surface area contributed by atoms with Crippen LogP contribution in [0.2, 0.25) is 0 Å². The lowest BCUT2D eigenvalue weighted by Gasteiger charge is -2.14. The molecule has 0 aliphatic carbocycles. The third-order valence-corrected chi connectivity index (χ3v) is 5.33. The van der Waals surface area contributed by atoms with Crippen molar-refractivity contribution < 1.29 is 9.53 Å². The summed E-state index contributed by atoms with van der Waals surface area (Å²) >= 11 is 0. The van der Waals surface area contributed by atoms with Crippen molar-refractivity contribution in [1.82, 2.24) is 29.7 Å². The second-order valence-corrected chi connectivity index (χ2v) is 7.97. The minimum Gasteiger partial charge on any atom is -0.497 e. The first-order valence-corrected chi connectivity index (χ1v) is 10.0. The predicted octanol–water partition coefficient (Wildman–Crippen LogP) is 3.11. The molecule has 0 saturated heterocycles. The molecule has 4 rings (SSSR count). The number of hydrogen-bond donors (Lipinski definition) is 1. The molecule has 8 nitrogen and oxygen atoms in total. The maximum Gasteiger partial charge on any atom is 0.271 e. The highest BCUT2D eigenvalue weighted by atomic mass is 16.5. The predicted molar refractivity (Wildman–Crippen MR) is 115 cm³/mol. The Bertz CT molecular complexity index is 1220. The first-order valence-electron chi connectivity index (χ1n) is 10.0. The molecule has 3 aromatic heterocycles. The van der Waals surface area contributed by atoms with Crippen molar-refractivity contribution in [2.45, 2.75) is 39.2 Å². The Morgan fingerprint density at radius 2 is 2.03 bits per heavy atom. The summed E-state index contributed by atoms with van der Waals surface area (Å²) in [5.41, 5.74) is 4.27. The fraction of sp³-hybridized carbons (Fsp3) is 0.364. The zero-order valence-electron chi connectivity index (χ0n) is 17.9. The van der Waals surface area contributed by atoms with Gasteiger partial charge in [-0.05, 0) is 49.1 Å². The Balaban J connectivity index is 1.56. The number of aromatic nitrogens is 5. The molecule has 0 bridgehead atoms. The van der Waals surface area contributed by atoms with Crippen molar-refractivity contribution in [1.29, 1.82) is 0 Å². The summed E-state index contributed by atoms with van der Waals surface area (Å²) in [4.78, 5) is 12.9. The van der Waals surface area contributed by atoms with Crippen LogP contribution < -0.4 is 10.1 Å². The molecule has 0 aliphatic rings. The second-order valence-electron chi connectivity index (χ2n) is 7.97. The van der Waals surface area contributed by atoms with Crippen LogP contribution in [-0.4, -0.2) is 43.4 Å². The zero-order chi connectivity index (χ0) is 21.4. The van der Waals surface area contributed by atoms with Gasteiger partial charge in [0.05, 0.1) is 7.11 Å². The van der Waals surface area contributed by atoms with Gasteiger partial charge in [-0.25, -0.2) is 0 Å². The number of carbonyl (C=O) groups is 1. The van der Waals surface area contributed by atoms with E-state index >= 15 is 0 Å². The van der Waals surface area contributed by atoms with Gasteiger partial charge in [-0.15, -0.1) is 10.2 Å². The van der Waals surface area contributed by atoms with E-state index in [0.717, 1.165) is 27.8 Å². The molecule has 156 valence electrons. The van der Waals surface area contributed by atoms with Crippen LogP contribution in [0, 0.1) is 0 Å². The van der Waals surface area contributed by atoms with Crippen LogP contribution in [0.25, 0.3) is 16.6 Å². The fourth-order valence-electron chi connectivity index (χ4n) is 3.81. The highest BCUT2D eigenvalue weighted by molar-refractivity contribution is 5.93. The average Bonchev–Trinajstić information content (AvgIpc) is 3.31. The van der Waals surface area contributed by atoms with Gasteiger partial charge in [-0.2, -0.15) is 9.61 Å². The highest BCUT2D eigenvalue weighted by Gasteiger charge is 2.18. The Kier molecular flexibility index (Phi) is 5.15. The number of nitrogens with zero attached hydrogens (tertiary/aromatic N) is 5. The van der Waals surface area contributed by atoms with Gasteiger partial charge in [0.1, 0.15) is 17.8 Å². The van der Waals surface area contributed by atoms with Gasteiger partial charge in [-0.1, -0.05) is 13.8 Å². The number of amides is 1. The summed E-state index contributed by atoms with van der Waals surface area (Å²) in [5, 5.41) is 16.6. The smallest absolute Gasteiger partial charge is 0.271 e. The zero-order valence-corrected chi connectivity index (χ0v) is 17.9. The van der Waals surface area contributed by atoms with Gasteiger partial charge in [-0.3, -0.25) is 4.79 Å². The number of carbonyl (C=O) groups excluding carboxylic acids is 1. The van der Waals surface area contributed by atoms with E-state index in [0.29, 0.717) is 17.8 Å². The lowest BCUT2D eigenvalue weighted by Crippen LogP contribution is -2.35. The van der Waals surface area contributed by atoms with Gasteiger partial charge >= 0.3 is 0 Å². The van der Waals surface area contributed by atoms with Crippen LogP contribution in [-0.2, 0) is 13.5 Å². The normalized spacial score (nSPS) is 12.6. The van der Waals surface area contributed by atoms with Crippen molar-refractivity contribution in [2.75, 3.05) is 7.11 Å². The molecule has 3 heterocycles. The summed E-state index contributed by atoms with van der Waals surface area (Å²) in [7, 11) is 3.69. The van der Waals surface area contributed by atoms with Crippen LogP contribution >= 0.6 is 0 Å². The van der Waals surface area contributed by atoms with E-state index in [1.54, 1.807) is 17.7 Å². The molecule has 1 atom stereocenters. The van der Waals surface area contributed by atoms with E-state index in [4.69, 9.17) is 4.74 Å². The van der Waals surface area contributed by atoms with Crippen LogP contribution in [0.1, 0.15) is 48.3 Å². The van der Waals surface area contributed by atoms with Gasteiger partial charge in [0.25, 0.3) is 5.91 Å². The molecular formula is C22H26N6O2. The van der Waals surface area contributed by atoms with Crippen molar-refractivity contribution in [2.24, 2.45) is 7.05 Å². The first-order chi connectivity index (χ1) is 14.4. The number of hydrogen-bond acceptors (Lipinski definition) is 5. The molecule has 0 radical (unpaired) electrons. The average molecular weight is 406 g/mol. The van der Waals surface area contributed by atoms with E-state index < -0.39 is 0 Å². The first kappa shape index (κ1) is 19.9.